The number of nitrogens with one attached hydrogen (secondary N) is 1. The molecule has 228 valence electrons. The summed E-state index contributed by atoms with van der Waals surface area (Å²) in [4.78, 5) is 31.0. The Morgan fingerprint density at radius 1 is 1.16 bits per heavy atom. The van der Waals surface area contributed by atoms with E-state index in [4.69, 9.17) is 31.0 Å². The summed E-state index contributed by atoms with van der Waals surface area (Å²) in [6, 6.07) is 10.6. The lowest BCUT2D eigenvalue weighted by Crippen LogP contribution is -2.45. The molecule has 6 heterocycles. The van der Waals surface area contributed by atoms with E-state index in [0.717, 1.165) is 30.1 Å². The summed E-state index contributed by atoms with van der Waals surface area (Å²) in [5.74, 6) is 1.54. The molecule has 0 bridgehead atoms. The summed E-state index contributed by atoms with van der Waals surface area (Å²) in [5.41, 5.74) is 0.127. The highest BCUT2D eigenvalue weighted by atomic mass is 35.5. The number of pyridine rings is 3. The SMILES string of the molecule is C[C@@H]1CCN1c1cnc2c(c1)OCCN2c1ccc2cnc(CNC(=O)c3cc(Cl)c4c(c3)S(=O)(=O)[C@@H](F)COC4)cc2n1. The summed E-state index contributed by atoms with van der Waals surface area (Å²) in [6.07, 6.45) is 4.71. The van der Waals surface area contributed by atoms with Crippen molar-refractivity contribution in [3.05, 3.63) is 70.6 Å². The Balaban J connectivity index is 1.11. The van der Waals surface area contributed by atoms with Gasteiger partial charge >= 0.3 is 0 Å². The molecule has 7 rings (SSSR count). The van der Waals surface area contributed by atoms with Crippen molar-refractivity contribution in [3.63, 3.8) is 0 Å². The average molecular weight is 639 g/mol. The number of sulfone groups is 1. The van der Waals surface area contributed by atoms with Crippen molar-refractivity contribution in [2.45, 2.75) is 42.9 Å². The summed E-state index contributed by atoms with van der Waals surface area (Å²) in [5, 5.41) is 3.57. The van der Waals surface area contributed by atoms with E-state index in [1.165, 1.54) is 6.07 Å². The smallest absolute Gasteiger partial charge is 0.251 e. The number of fused-ring (bicyclic) bond motifs is 3. The van der Waals surface area contributed by atoms with E-state index in [0.29, 0.717) is 47.8 Å². The van der Waals surface area contributed by atoms with Crippen molar-refractivity contribution in [2.75, 3.05) is 36.1 Å². The monoisotopic (exact) mass is 638 g/mol. The second kappa shape index (κ2) is 11.1. The highest BCUT2D eigenvalue weighted by Crippen LogP contribution is 2.38. The molecule has 3 aliphatic heterocycles. The first kappa shape index (κ1) is 28.7. The molecule has 4 aromatic rings. The van der Waals surface area contributed by atoms with Gasteiger partial charge in [-0.05, 0) is 43.7 Å². The predicted molar refractivity (Wildman–Crippen MR) is 162 cm³/mol. The third kappa shape index (κ3) is 5.08. The molecule has 0 radical (unpaired) electrons. The number of amides is 1. The lowest BCUT2D eigenvalue weighted by Gasteiger charge is -2.41. The van der Waals surface area contributed by atoms with Gasteiger partial charge in [0.15, 0.2) is 11.6 Å². The first-order valence-corrected chi connectivity index (χ1v) is 16.1. The van der Waals surface area contributed by atoms with Gasteiger partial charge in [0, 0.05) is 46.4 Å². The van der Waals surface area contributed by atoms with E-state index >= 15 is 0 Å². The largest absolute Gasteiger partial charge is 0.488 e. The van der Waals surface area contributed by atoms with E-state index in [2.05, 4.69) is 22.1 Å². The number of ether oxygens (including phenoxy) is 2. The Hall–Kier alpha value is -4.07. The molecule has 1 saturated heterocycles. The maximum absolute atomic E-state index is 14.3. The van der Waals surface area contributed by atoms with Crippen LogP contribution in [0.5, 0.6) is 5.75 Å². The zero-order chi connectivity index (χ0) is 30.6. The number of nitrogens with zero attached hydrogens (tertiary/aromatic N) is 5. The van der Waals surface area contributed by atoms with Crippen LogP contribution < -0.4 is 19.9 Å². The standard InChI is InChI=1S/C30H28ClFN6O5S/c1-17-4-5-37(17)21-11-25-29(34-14-21)38(6-7-43-25)28-3-2-18-12-33-20(10-24(18)36-28)13-35-30(39)19-8-23(31)22-15-42-16-27(32)44(40,41)26(22)9-19/h2-3,8-12,14,17,27H,4-7,13,15-16H2,1H3,(H,35,39)/t17-,27-/m1/s1. The quantitative estimate of drug-likeness (QED) is 0.337. The maximum Gasteiger partial charge on any atom is 0.251 e. The van der Waals surface area contributed by atoms with Crippen LogP contribution in [0.25, 0.3) is 10.9 Å². The van der Waals surface area contributed by atoms with E-state index in [9.17, 15) is 17.6 Å². The molecule has 0 aliphatic carbocycles. The van der Waals surface area contributed by atoms with Gasteiger partial charge in [0.25, 0.3) is 5.91 Å². The number of aromatic nitrogens is 3. The fourth-order valence-corrected chi connectivity index (χ4v) is 7.24. The van der Waals surface area contributed by atoms with Gasteiger partial charge in [0.1, 0.15) is 12.4 Å². The topological polar surface area (TPSA) is 127 Å². The summed E-state index contributed by atoms with van der Waals surface area (Å²) in [6.45, 7) is 3.54. The van der Waals surface area contributed by atoms with E-state index in [1.54, 1.807) is 12.3 Å². The van der Waals surface area contributed by atoms with E-state index in [1.807, 2.05) is 29.3 Å². The second-order valence-electron chi connectivity index (χ2n) is 11.0. The van der Waals surface area contributed by atoms with Gasteiger partial charge in [0.05, 0.1) is 54.3 Å². The van der Waals surface area contributed by atoms with Crippen LogP contribution in [0.3, 0.4) is 0 Å². The average Bonchev–Trinajstić information content (AvgIpc) is 3.13. The summed E-state index contributed by atoms with van der Waals surface area (Å²) >= 11 is 6.28. The van der Waals surface area contributed by atoms with Gasteiger partial charge in [-0.1, -0.05) is 11.6 Å². The second-order valence-corrected chi connectivity index (χ2v) is 13.4. The zero-order valence-electron chi connectivity index (χ0n) is 23.7. The predicted octanol–water partition coefficient (Wildman–Crippen LogP) is 4.34. The molecular formula is C30H28ClFN6O5S. The van der Waals surface area contributed by atoms with Gasteiger partial charge in [-0.15, -0.1) is 0 Å². The molecule has 3 aliphatic rings. The van der Waals surface area contributed by atoms with Crippen molar-refractivity contribution in [2.24, 2.45) is 0 Å². The van der Waals surface area contributed by atoms with Gasteiger partial charge in [0.2, 0.25) is 15.3 Å². The fraction of sp³-hybridized carbons (Fsp3) is 0.333. The van der Waals surface area contributed by atoms with Crippen LogP contribution in [0.15, 0.2) is 53.7 Å². The normalized spacial score (nSPS) is 20.6. The van der Waals surface area contributed by atoms with Crippen LogP contribution in [0.2, 0.25) is 5.02 Å². The number of rotatable bonds is 5. The molecule has 1 aromatic carbocycles. The minimum Gasteiger partial charge on any atom is -0.488 e. The van der Waals surface area contributed by atoms with Gasteiger partial charge < -0.3 is 24.6 Å². The molecule has 3 aromatic heterocycles. The Kier molecular flexibility index (Phi) is 7.26. The number of alkyl halides is 1. The molecule has 2 atom stereocenters. The lowest BCUT2D eigenvalue weighted by atomic mass is 10.0. The van der Waals surface area contributed by atoms with Crippen LogP contribution >= 0.6 is 11.6 Å². The first-order valence-electron chi connectivity index (χ1n) is 14.2. The highest BCUT2D eigenvalue weighted by molar-refractivity contribution is 7.92. The third-order valence-corrected chi connectivity index (χ3v) is 10.3. The van der Waals surface area contributed by atoms with Crippen LogP contribution in [-0.4, -0.2) is 67.1 Å². The van der Waals surface area contributed by atoms with Gasteiger partial charge in [-0.3, -0.25) is 9.78 Å². The van der Waals surface area contributed by atoms with Crippen LogP contribution in [0, 0.1) is 0 Å². The van der Waals surface area contributed by atoms with Crippen molar-refractivity contribution in [1.82, 2.24) is 20.3 Å². The molecule has 1 fully saturated rings. The third-order valence-electron chi connectivity index (χ3n) is 8.18. The first-order chi connectivity index (χ1) is 21.2. The fourth-order valence-electron chi connectivity index (χ4n) is 5.55. The van der Waals surface area contributed by atoms with Gasteiger partial charge in [-0.25, -0.2) is 22.8 Å². The number of carbonyl (C=O) groups is 1. The number of carbonyl (C=O) groups excluding carboxylic acids is 1. The number of hydrogen-bond donors (Lipinski definition) is 1. The molecule has 1 amide bonds. The maximum atomic E-state index is 14.3. The van der Waals surface area contributed by atoms with Crippen molar-refractivity contribution in [3.8, 4) is 5.75 Å². The molecule has 11 nitrogen and oxygen atoms in total. The minimum absolute atomic E-state index is 0.0105. The van der Waals surface area contributed by atoms with Gasteiger partial charge in [-0.2, -0.15) is 0 Å². The Morgan fingerprint density at radius 3 is 2.82 bits per heavy atom. The summed E-state index contributed by atoms with van der Waals surface area (Å²) in [7, 11) is -4.36. The molecular weight excluding hydrogens is 611 g/mol. The minimum atomic E-state index is -4.36. The van der Waals surface area contributed by atoms with Crippen molar-refractivity contribution in [1.29, 1.82) is 0 Å². The van der Waals surface area contributed by atoms with Crippen LogP contribution in [-0.2, 0) is 27.7 Å². The molecule has 0 saturated carbocycles. The van der Waals surface area contributed by atoms with Crippen molar-refractivity contribution < 1.29 is 27.1 Å². The molecule has 0 spiro atoms. The van der Waals surface area contributed by atoms with E-state index in [-0.39, 0.29) is 34.2 Å². The van der Waals surface area contributed by atoms with E-state index < -0.39 is 27.9 Å². The van der Waals surface area contributed by atoms with Crippen LogP contribution in [0.4, 0.5) is 21.7 Å². The van der Waals surface area contributed by atoms with Crippen LogP contribution in [0.1, 0.15) is 35.0 Å². The Bertz CT molecular complexity index is 1910. The number of halogens is 2. The Morgan fingerprint density at radius 2 is 2.02 bits per heavy atom. The zero-order valence-corrected chi connectivity index (χ0v) is 25.2. The Labute approximate surface area is 257 Å². The molecule has 44 heavy (non-hydrogen) atoms. The molecule has 0 unspecified atom stereocenters. The molecule has 14 heteroatoms. The van der Waals surface area contributed by atoms with Crippen molar-refractivity contribution >= 4 is 55.6 Å². The highest BCUT2D eigenvalue weighted by Gasteiger charge is 2.34. The molecule has 1 N–H and O–H groups in total. The number of anilines is 3. The summed E-state index contributed by atoms with van der Waals surface area (Å²) < 4.78 is 50.6. The number of hydrogen-bond acceptors (Lipinski definition) is 10. The lowest BCUT2D eigenvalue weighted by molar-refractivity contribution is 0.0947. The number of benzene rings is 1.